The van der Waals surface area contributed by atoms with Gasteiger partial charge in [-0.3, -0.25) is 0 Å². The van der Waals surface area contributed by atoms with Crippen molar-refractivity contribution < 1.29 is 9.13 Å². The molecule has 0 spiro atoms. The predicted octanol–water partition coefficient (Wildman–Crippen LogP) is 10.6. The monoisotopic (exact) mass is 620 g/mol. The molecular weight excluding hydrogens is 569 g/mol. The molecule has 7 rings (SSSR count). The lowest BCUT2D eigenvalue weighted by atomic mass is 9.58. The maximum absolute atomic E-state index is 2.76. The quantitative estimate of drug-likeness (QED) is 0.0968. The van der Waals surface area contributed by atoms with E-state index in [1.807, 2.05) is 0 Å². The summed E-state index contributed by atoms with van der Waals surface area (Å²) in [6, 6.07) is 38.9. The van der Waals surface area contributed by atoms with E-state index in [0.717, 1.165) is 19.4 Å². The predicted molar refractivity (Wildman–Crippen MR) is 195 cm³/mol. The van der Waals surface area contributed by atoms with Gasteiger partial charge in [0.2, 0.25) is 23.5 Å². The van der Waals surface area contributed by atoms with Gasteiger partial charge in [0.1, 0.15) is 0 Å². The number of fused-ring (bicyclic) bond motifs is 3. The van der Waals surface area contributed by atoms with Crippen LogP contribution in [0.4, 0.5) is 0 Å². The van der Waals surface area contributed by atoms with Gasteiger partial charge in [-0.05, 0) is 85.9 Å². The Labute approximate surface area is 283 Å². The molecule has 5 aromatic rings. The van der Waals surface area contributed by atoms with Gasteiger partial charge in [-0.2, -0.15) is 9.13 Å². The minimum atomic E-state index is -0.0958. The Balaban J connectivity index is 1.40. The number of hydrogen-bond acceptors (Lipinski definition) is 0. The number of benzene rings is 3. The first-order chi connectivity index (χ1) is 23.0. The van der Waals surface area contributed by atoms with Gasteiger partial charge in [0.05, 0.1) is 11.0 Å². The topological polar surface area (TPSA) is 7.76 Å². The molecule has 2 atom stereocenters. The van der Waals surface area contributed by atoms with Crippen LogP contribution < -0.4 is 9.13 Å². The Kier molecular flexibility index (Phi) is 8.88. The minimum absolute atomic E-state index is 0.0296. The summed E-state index contributed by atoms with van der Waals surface area (Å²) in [4.78, 5) is 0. The molecule has 1 fully saturated rings. The fourth-order valence-corrected chi connectivity index (χ4v) is 8.79. The lowest BCUT2D eigenvalue weighted by Gasteiger charge is -2.47. The van der Waals surface area contributed by atoms with Gasteiger partial charge in [0, 0.05) is 35.7 Å². The molecule has 1 saturated carbocycles. The van der Waals surface area contributed by atoms with Gasteiger partial charge in [-0.25, -0.2) is 0 Å². The van der Waals surface area contributed by atoms with Crippen LogP contribution in [-0.2, 0) is 23.9 Å². The largest absolute Gasteiger partial charge is 0.238 e. The third kappa shape index (κ3) is 5.64. The van der Waals surface area contributed by atoms with Crippen LogP contribution in [0.2, 0.25) is 0 Å². The van der Waals surface area contributed by atoms with Crippen molar-refractivity contribution in [2.24, 2.45) is 5.92 Å². The lowest BCUT2D eigenvalue weighted by Crippen LogP contribution is -2.75. The van der Waals surface area contributed by atoms with Crippen molar-refractivity contribution >= 4 is 0 Å². The molecule has 1 aliphatic carbocycles. The molecule has 0 amide bonds. The average molecular weight is 621 g/mol. The third-order valence-electron chi connectivity index (χ3n) is 11.7. The maximum Gasteiger partial charge on any atom is 0.238 e. The fraction of sp³-hybridized carbons (Fsp3) is 0.378. The van der Waals surface area contributed by atoms with Crippen LogP contribution in [0, 0.1) is 12.8 Å². The normalized spacial score (nSPS) is 20.1. The van der Waals surface area contributed by atoms with Crippen molar-refractivity contribution in [1.82, 2.24) is 0 Å². The highest BCUT2D eigenvalue weighted by atomic mass is 15.2. The molecule has 2 aromatic heterocycles. The van der Waals surface area contributed by atoms with E-state index in [9.17, 15) is 0 Å². The zero-order valence-corrected chi connectivity index (χ0v) is 29.0. The van der Waals surface area contributed by atoms with Crippen LogP contribution in [0.1, 0.15) is 88.8 Å². The molecule has 0 N–H and O–H groups in total. The van der Waals surface area contributed by atoms with Crippen LogP contribution in [-0.4, -0.2) is 0 Å². The number of unbranched alkanes of at least 4 members (excludes halogenated alkanes) is 4. The minimum Gasteiger partial charge on any atom is -0.191 e. The van der Waals surface area contributed by atoms with E-state index in [4.69, 9.17) is 0 Å². The molecule has 2 nitrogen and oxygen atoms in total. The first kappa shape index (κ1) is 31.6. The highest BCUT2D eigenvalue weighted by molar-refractivity contribution is 5.70. The second-order valence-electron chi connectivity index (χ2n) is 14.5. The van der Waals surface area contributed by atoms with Gasteiger partial charge in [0.15, 0.2) is 12.4 Å². The van der Waals surface area contributed by atoms with E-state index in [2.05, 4.69) is 152 Å². The van der Waals surface area contributed by atoms with Gasteiger partial charge in [-0.15, -0.1) is 0 Å². The van der Waals surface area contributed by atoms with Crippen LogP contribution in [0.25, 0.3) is 33.6 Å². The second-order valence-corrected chi connectivity index (χ2v) is 14.5. The molecular formula is C45H52N2+2. The number of pyridine rings is 2. The van der Waals surface area contributed by atoms with Gasteiger partial charge in [0.25, 0.3) is 0 Å². The van der Waals surface area contributed by atoms with Crippen molar-refractivity contribution in [3.8, 4) is 33.6 Å². The van der Waals surface area contributed by atoms with Crippen LogP contribution in [0.15, 0.2) is 116 Å². The Morgan fingerprint density at radius 3 is 2.15 bits per heavy atom. The van der Waals surface area contributed by atoms with Crippen LogP contribution >= 0.6 is 0 Å². The van der Waals surface area contributed by atoms with Gasteiger partial charge < -0.3 is 0 Å². The highest BCUT2D eigenvalue weighted by Gasteiger charge is 2.69. The number of nitrogens with zero attached hydrogens (tertiary/aromatic N) is 2. The molecule has 240 valence electrons. The standard InChI is InChI=1S/C45H52N2/c1-5-7-8-9-11-19-35-27-30-47-43(31-35)40-23-16-17-24-41(40)44(4,6-2)45(47,38-25-26-38)33-46-29-28-37(36-20-12-10-13-21-36)32-42(46)39-22-15-14-18-34(39)3/h10,12-18,20-24,27-32,38H,5-9,11,19,25-26,33H2,1-4H3/q+2/t44?,45-/m1/s1. The Morgan fingerprint density at radius 1 is 0.681 bits per heavy atom. The van der Waals surface area contributed by atoms with E-state index in [1.54, 1.807) is 0 Å². The molecule has 3 heterocycles. The van der Waals surface area contributed by atoms with E-state index in [1.165, 1.54) is 95.3 Å². The molecule has 1 aliphatic heterocycles. The molecule has 47 heavy (non-hydrogen) atoms. The molecule has 1 unspecified atom stereocenters. The smallest absolute Gasteiger partial charge is 0.191 e. The highest BCUT2D eigenvalue weighted by Crippen LogP contribution is 2.57. The van der Waals surface area contributed by atoms with E-state index in [-0.39, 0.29) is 11.0 Å². The first-order valence-corrected chi connectivity index (χ1v) is 18.3. The maximum atomic E-state index is 2.76. The van der Waals surface area contributed by atoms with Gasteiger partial charge in [-0.1, -0.05) is 106 Å². The van der Waals surface area contributed by atoms with Crippen LogP contribution in [0.5, 0.6) is 0 Å². The number of aryl methyl sites for hydroxylation is 2. The summed E-state index contributed by atoms with van der Waals surface area (Å²) in [6.07, 6.45) is 16.3. The number of rotatable bonds is 12. The van der Waals surface area contributed by atoms with Crippen LogP contribution in [0.3, 0.4) is 0 Å². The molecule has 2 heteroatoms. The Bertz CT molecular complexity index is 1850. The summed E-state index contributed by atoms with van der Waals surface area (Å²) >= 11 is 0. The average Bonchev–Trinajstić information content (AvgIpc) is 3.97. The second kappa shape index (κ2) is 13.2. The summed E-state index contributed by atoms with van der Waals surface area (Å²) in [7, 11) is 0. The molecule has 3 aromatic carbocycles. The van der Waals surface area contributed by atoms with Crippen molar-refractivity contribution in [2.45, 2.75) is 103 Å². The zero-order valence-electron chi connectivity index (χ0n) is 29.0. The van der Waals surface area contributed by atoms with Crippen molar-refractivity contribution in [2.75, 3.05) is 0 Å². The van der Waals surface area contributed by atoms with Crippen molar-refractivity contribution in [3.63, 3.8) is 0 Å². The molecule has 0 saturated heterocycles. The molecule has 0 radical (unpaired) electrons. The molecule has 2 aliphatic rings. The summed E-state index contributed by atoms with van der Waals surface area (Å²) in [5.41, 5.74) is 12.2. The zero-order chi connectivity index (χ0) is 32.4. The van der Waals surface area contributed by atoms with Crippen molar-refractivity contribution in [1.29, 1.82) is 0 Å². The fourth-order valence-electron chi connectivity index (χ4n) is 8.79. The van der Waals surface area contributed by atoms with Crippen molar-refractivity contribution in [3.05, 3.63) is 132 Å². The van der Waals surface area contributed by atoms with E-state index in [0.29, 0.717) is 5.92 Å². The third-order valence-corrected chi connectivity index (χ3v) is 11.7. The van der Waals surface area contributed by atoms with E-state index < -0.39 is 0 Å². The first-order valence-electron chi connectivity index (χ1n) is 18.3. The summed E-state index contributed by atoms with van der Waals surface area (Å²) in [5, 5.41) is 0. The molecule has 0 bridgehead atoms. The summed E-state index contributed by atoms with van der Waals surface area (Å²) in [5.74, 6) is 0.621. The summed E-state index contributed by atoms with van der Waals surface area (Å²) < 4.78 is 5.37. The SMILES string of the molecule is CCCCCCCc1cc[n+]2c(c1)-c1ccccc1C(C)(CC)[C@@]2(C[n+]1ccc(-c2ccccc2)cc1-c1ccccc1C)C1CC1. The van der Waals surface area contributed by atoms with Gasteiger partial charge >= 0.3 is 0 Å². The Morgan fingerprint density at radius 2 is 1.40 bits per heavy atom. The number of hydrogen-bond donors (Lipinski definition) is 0. The lowest BCUT2D eigenvalue weighted by molar-refractivity contribution is -0.836. The number of aromatic nitrogens is 2. The summed E-state index contributed by atoms with van der Waals surface area (Å²) in [6.45, 7) is 10.5. The Hall–Kier alpha value is -4.04. The van der Waals surface area contributed by atoms with E-state index >= 15 is 0 Å².